The molecule has 0 amide bonds. The van der Waals surface area contributed by atoms with Gasteiger partial charge in [-0.15, -0.1) is 0 Å². The van der Waals surface area contributed by atoms with E-state index in [9.17, 15) is 0 Å². The number of fused-ring (bicyclic) bond motifs is 1. The van der Waals surface area contributed by atoms with E-state index in [-0.39, 0.29) is 6.04 Å². The summed E-state index contributed by atoms with van der Waals surface area (Å²) in [6, 6.07) is 12.7. The van der Waals surface area contributed by atoms with E-state index in [2.05, 4.69) is 56.5 Å². The minimum atomic E-state index is 0.183. The van der Waals surface area contributed by atoms with Gasteiger partial charge in [-0.1, -0.05) is 38.1 Å². The van der Waals surface area contributed by atoms with E-state index < -0.39 is 0 Å². The fourth-order valence-electron chi connectivity index (χ4n) is 3.32. The topological polar surface area (TPSA) is 36.3 Å². The number of ether oxygens (including phenoxy) is 2. The van der Waals surface area contributed by atoms with E-state index in [0.29, 0.717) is 22.2 Å². The van der Waals surface area contributed by atoms with Crippen LogP contribution in [0, 0.1) is 4.77 Å². The van der Waals surface area contributed by atoms with Gasteiger partial charge in [-0.2, -0.15) is 0 Å². The van der Waals surface area contributed by atoms with Gasteiger partial charge in [0.05, 0.1) is 25.4 Å². The number of aromatic nitrogens is 2. The third-order valence-electron chi connectivity index (χ3n) is 4.80. The van der Waals surface area contributed by atoms with E-state index in [1.807, 2.05) is 12.1 Å². The van der Waals surface area contributed by atoms with Crippen LogP contribution in [0.4, 0.5) is 0 Å². The van der Waals surface area contributed by atoms with Gasteiger partial charge in [0.15, 0.2) is 11.5 Å². The van der Waals surface area contributed by atoms with Crippen molar-refractivity contribution >= 4 is 23.1 Å². The van der Waals surface area contributed by atoms with E-state index in [1.54, 1.807) is 14.2 Å². The second kappa shape index (κ2) is 7.69. The molecule has 0 N–H and O–H groups in total. The molecule has 4 nitrogen and oxygen atoms in total. The molecule has 0 saturated carbocycles. The Hall–Kier alpha value is -2.40. The zero-order valence-corrected chi connectivity index (χ0v) is 17.6. The molecular weight excluding hydrogens is 356 g/mol. The van der Waals surface area contributed by atoms with Gasteiger partial charge < -0.3 is 14.0 Å². The van der Waals surface area contributed by atoms with Crippen molar-refractivity contribution in [1.29, 1.82) is 0 Å². The third-order valence-corrected chi connectivity index (χ3v) is 5.09. The molecule has 3 rings (SSSR count). The van der Waals surface area contributed by atoms with Crippen LogP contribution in [0.3, 0.4) is 0 Å². The number of nitrogens with zero attached hydrogens (tertiary/aromatic N) is 2. The average Bonchev–Trinajstić information content (AvgIpc) is 2.65. The van der Waals surface area contributed by atoms with Crippen molar-refractivity contribution in [3.8, 4) is 22.8 Å². The molecule has 0 bridgehead atoms. The summed E-state index contributed by atoms with van der Waals surface area (Å²) in [6.45, 7) is 8.58. The summed E-state index contributed by atoms with van der Waals surface area (Å²) in [6.07, 6.45) is 0. The number of hydrogen-bond donors (Lipinski definition) is 0. The zero-order valence-electron chi connectivity index (χ0n) is 16.7. The highest BCUT2D eigenvalue weighted by Crippen LogP contribution is 2.37. The Morgan fingerprint density at radius 3 is 2.04 bits per heavy atom. The molecule has 0 spiro atoms. The lowest BCUT2D eigenvalue weighted by Gasteiger charge is -2.19. The van der Waals surface area contributed by atoms with Gasteiger partial charge in [-0.25, -0.2) is 4.98 Å². The van der Waals surface area contributed by atoms with Crippen LogP contribution in [0.1, 0.15) is 45.2 Å². The van der Waals surface area contributed by atoms with Crippen LogP contribution in [0.5, 0.6) is 11.5 Å². The summed E-state index contributed by atoms with van der Waals surface area (Å²) < 4.78 is 13.7. The fourth-order valence-corrected chi connectivity index (χ4v) is 3.72. The number of methoxy groups -OCH3 is 2. The van der Waals surface area contributed by atoms with Crippen LogP contribution >= 0.6 is 12.2 Å². The first kappa shape index (κ1) is 19.4. The van der Waals surface area contributed by atoms with Crippen molar-refractivity contribution in [3.63, 3.8) is 0 Å². The van der Waals surface area contributed by atoms with Crippen molar-refractivity contribution in [2.75, 3.05) is 14.2 Å². The Labute approximate surface area is 165 Å². The predicted molar refractivity (Wildman–Crippen MR) is 114 cm³/mol. The molecule has 1 heterocycles. The lowest BCUT2D eigenvalue weighted by atomic mass is 9.99. The quantitative estimate of drug-likeness (QED) is 0.496. The Morgan fingerprint density at radius 1 is 0.926 bits per heavy atom. The van der Waals surface area contributed by atoms with Gasteiger partial charge in [0.2, 0.25) is 4.77 Å². The number of rotatable bonds is 5. The molecule has 3 aromatic rings. The molecule has 142 valence electrons. The van der Waals surface area contributed by atoms with Crippen molar-refractivity contribution in [2.45, 2.75) is 39.7 Å². The standard InChI is InChI=1S/C22H26N2O2S/c1-13(2)15-7-9-16(10-8-15)21-17-11-19(25-5)20(26-6)12-18(17)24(14(3)4)22(27)23-21/h7-14H,1-6H3. The fraction of sp³-hybridized carbons (Fsp3) is 0.364. The molecule has 0 unspecified atom stereocenters. The maximum atomic E-state index is 5.63. The van der Waals surface area contributed by atoms with Gasteiger partial charge in [0.25, 0.3) is 0 Å². The molecule has 5 heteroatoms. The maximum Gasteiger partial charge on any atom is 0.200 e. The molecule has 0 saturated heterocycles. The molecule has 2 aromatic carbocycles. The monoisotopic (exact) mass is 382 g/mol. The van der Waals surface area contributed by atoms with Crippen LogP contribution in [0.2, 0.25) is 0 Å². The second-order valence-electron chi connectivity index (χ2n) is 7.21. The molecule has 0 atom stereocenters. The summed E-state index contributed by atoms with van der Waals surface area (Å²) in [5, 5.41) is 0.993. The molecular formula is C22H26N2O2S. The molecule has 1 aromatic heterocycles. The van der Waals surface area contributed by atoms with Crippen molar-refractivity contribution in [2.24, 2.45) is 0 Å². The highest BCUT2D eigenvalue weighted by atomic mass is 32.1. The summed E-state index contributed by atoms with van der Waals surface area (Å²) in [7, 11) is 3.29. The van der Waals surface area contributed by atoms with E-state index in [4.69, 9.17) is 26.7 Å². The van der Waals surface area contributed by atoms with Crippen molar-refractivity contribution < 1.29 is 9.47 Å². The largest absolute Gasteiger partial charge is 0.493 e. The molecule has 0 aliphatic heterocycles. The van der Waals surface area contributed by atoms with Crippen molar-refractivity contribution in [3.05, 3.63) is 46.7 Å². The Balaban J connectivity index is 2.35. The van der Waals surface area contributed by atoms with Crippen LogP contribution in [-0.4, -0.2) is 23.8 Å². The minimum absolute atomic E-state index is 0.183. The first-order valence-corrected chi connectivity index (χ1v) is 9.56. The minimum Gasteiger partial charge on any atom is -0.493 e. The molecule has 0 aliphatic carbocycles. The van der Waals surface area contributed by atoms with E-state index in [1.165, 1.54) is 5.56 Å². The van der Waals surface area contributed by atoms with Crippen LogP contribution < -0.4 is 9.47 Å². The lowest BCUT2D eigenvalue weighted by Crippen LogP contribution is -2.08. The maximum absolute atomic E-state index is 5.63. The normalized spacial score (nSPS) is 11.4. The van der Waals surface area contributed by atoms with Gasteiger partial charge in [0, 0.05) is 23.1 Å². The van der Waals surface area contributed by atoms with Crippen LogP contribution in [-0.2, 0) is 0 Å². The predicted octanol–water partition coefficient (Wildman–Crippen LogP) is 6.15. The summed E-state index contributed by atoms with van der Waals surface area (Å²) in [5.74, 6) is 1.85. The Kier molecular flexibility index (Phi) is 5.51. The number of hydrogen-bond acceptors (Lipinski definition) is 4. The number of benzene rings is 2. The van der Waals surface area contributed by atoms with E-state index >= 15 is 0 Å². The second-order valence-corrected chi connectivity index (χ2v) is 7.57. The summed E-state index contributed by atoms with van der Waals surface area (Å²) >= 11 is 5.63. The first-order valence-electron chi connectivity index (χ1n) is 9.16. The van der Waals surface area contributed by atoms with Crippen LogP contribution in [0.25, 0.3) is 22.2 Å². The summed E-state index contributed by atoms with van der Waals surface area (Å²) in [5.41, 5.74) is 4.20. The molecule has 0 fully saturated rings. The molecule has 0 aliphatic rings. The average molecular weight is 383 g/mol. The van der Waals surface area contributed by atoms with Crippen LogP contribution in [0.15, 0.2) is 36.4 Å². The van der Waals surface area contributed by atoms with Crippen molar-refractivity contribution in [1.82, 2.24) is 9.55 Å². The van der Waals surface area contributed by atoms with Gasteiger partial charge in [-0.05, 0) is 43.6 Å². The van der Waals surface area contributed by atoms with Gasteiger partial charge >= 0.3 is 0 Å². The summed E-state index contributed by atoms with van der Waals surface area (Å²) in [4.78, 5) is 4.78. The Morgan fingerprint density at radius 2 is 1.52 bits per heavy atom. The third kappa shape index (κ3) is 3.56. The molecule has 0 radical (unpaired) electrons. The van der Waals surface area contributed by atoms with E-state index in [0.717, 1.165) is 22.2 Å². The van der Waals surface area contributed by atoms with Gasteiger partial charge in [0.1, 0.15) is 0 Å². The zero-order chi connectivity index (χ0) is 19.7. The molecule has 27 heavy (non-hydrogen) atoms. The van der Waals surface area contributed by atoms with Gasteiger partial charge in [-0.3, -0.25) is 0 Å². The lowest BCUT2D eigenvalue weighted by molar-refractivity contribution is 0.355. The smallest absolute Gasteiger partial charge is 0.200 e. The highest BCUT2D eigenvalue weighted by molar-refractivity contribution is 7.71. The SMILES string of the molecule is COc1cc2c(-c3ccc(C(C)C)cc3)nc(=S)n(C(C)C)c2cc1OC. The highest BCUT2D eigenvalue weighted by Gasteiger charge is 2.16. The first-order chi connectivity index (χ1) is 12.9. The Bertz CT molecular complexity index is 1020.